The molecular weight excluding hydrogens is 298 g/mol. The number of ketones is 1. The lowest BCUT2D eigenvalue weighted by molar-refractivity contribution is 0.104. The van der Waals surface area contributed by atoms with Gasteiger partial charge in [-0.15, -0.1) is 11.3 Å². The molecule has 3 rings (SSSR count). The Morgan fingerprint density at radius 2 is 2.09 bits per heavy atom. The van der Waals surface area contributed by atoms with E-state index in [-0.39, 0.29) is 5.78 Å². The lowest BCUT2D eigenvalue weighted by Crippen LogP contribution is -1.94. The van der Waals surface area contributed by atoms with Crippen LogP contribution in [0.3, 0.4) is 0 Å². The summed E-state index contributed by atoms with van der Waals surface area (Å²) in [6, 6.07) is 10.7. The van der Waals surface area contributed by atoms with Crippen molar-refractivity contribution in [1.29, 1.82) is 0 Å². The molecule has 1 aromatic carbocycles. The quantitative estimate of drug-likeness (QED) is 0.520. The van der Waals surface area contributed by atoms with E-state index in [9.17, 15) is 4.79 Å². The maximum Gasteiger partial charge on any atom is 0.185 e. The smallest absolute Gasteiger partial charge is 0.185 e. The Bertz CT molecular complexity index is 786. The van der Waals surface area contributed by atoms with Gasteiger partial charge in [-0.05, 0) is 48.6 Å². The Kier molecular flexibility index (Phi) is 4.16. The first-order chi connectivity index (χ1) is 10.8. The number of hydrogen-bond acceptors (Lipinski definition) is 5. The summed E-state index contributed by atoms with van der Waals surface area (Å²) in [4.78, 5) is 16.5. The van der Waals surface area contributed by atoms with Crippen LogP contribution in [0.2, 0.25) is 0 Å². The Hall–Kier alpha value is -2.66. The summed E-state index contributed by atoms with van der Waals surface area (Å²) in [6.45, 7) is 0. The number of ether oxygens (including phenoxy) is 1. The van der Waals surface area contributed by atoms with Crippen LogP contribution in [0.1, 0.15) is 16.1 Å². The van der Waals surface area contributed by atoms with Gasteiger partial charge in [0.25, 0.3) is 0 Å². The van der Waals surface area contributed by atoms with E-state index < -0.39 is 0 Å². The van der Waals surface area contributed by atoms with Gasteiger partial charge >= 0.3 is 0 Å². The first-order valence-corrected chi connectivity index (χ1v) is 7.50. The second-order valence-electron chi connectivity index (χ2n) is 4.48. The van der Waals surface area contributed by atoms with Gasteiger partial charge < -0.3 is 9.15 Å². The summed E-state index contributed by atoms with van der Waals surface area (Å²) in [5.41, 5.74) is 1.34. The SMILES string of the molecule is COc1ccc(C(=O)/C=C/c2csc(-c3ccco3)n2)cc1. The van der Waals surface area contributed by atoms with Gasteiger partial charge in [0.2, 0.25) is 0 Å². The molecule has 0 radical (unpaired) electrons. The topological polar surface area (TPSA) is 52.3 Å². The van der Waals surface area contributed by atoms with Crippen molar-refractivity contribution in [2.45, 2.75) is 0 Å². The van der Waals surface area contributed by atoms with Crippen LogP contribution in [0.15, 0.2) is 58.5 Å². The molecule has 0 spiro atoms. The number of furan rings is 1. The maximum atomic E-state index is 12.1. The number of nitrogens with zero attached hydrogens (tertiary/aromatic N) is 1. The van der Waals surface area contributed by atoms with E-state index in [1.165, 1.54) is 17.4 Å². The molecule has 0 N–H and O–H groups in total. The van der Waals surface area contributed by atoms with E-state index in [1.54, 1.807) is 43.7 Å². The van der Waals surface area contributed by atoms with Crippen LogP contribution in [0.5, 0.6) is 5.75 Å². The van der Waals surface area contributed by atoms with Gasteiger partial charge in [0.05, 0.1) is 19.1 Å². The van der Waals surface area contributed by atoms with Crippen LogP contribution in [0.25, 0.3) is 16.8 Å². The zero-order valence-electron chi connectivity index (χ0n) is 11.9. The largest absolute Gasteiger partial charge is 0.497 e. The Morgan fingerprint density at radius 3 is 2.77 bits per heavy atom. The zero-order valence-corrected chi connectivity index (χ0v) is 12.7. The minimum Gasteiger partial charge on any atom is -0.497 e. The number of carbonyl (C=O) groups excluding carboxylic acids is 1. The molecule has 3 aromatic rings. The Labute approximate surface area is 131 Å². The lowest BCUT2D eigenvalue weighted by Gasteiger charge is -1.99. The van der Waals surface area contributed by atoms with Gasteiger partial charge in [-0.1, -0.05) is 0 Å². The highest BCUT2D eigenvalue weighted by Gasteiger charge is 2.06. The fourth-order valence-electron chi connectivity index (χ4n) is 1.89. The van der Waals surface area contributed by atoms with Gasteiger partial charge in [0, 0.05) is 10.9 Å². The maximum absolute atomic E-state index is 12.1. The van der Waals surface area contributed by atoms with Crippen molar-refractivity contribution < 1.29 is 13.9 Å². The Balaban J connectivity index is 1.72. The fraction of sp³-hybridized carbons (Fsp3) is 0.0588. The van der Waals surface area contributed by atoms with Crippen molar-refractivity contribution in [3.63, 3.8) is 0 Å². The van der Waals surface area contributed by atoms with E-state index in [0.29, 0.717) is 5.56 Å². The first kappa shape index (κ1) is 14.3. The molecule has 4 nitrogen and oxygen atoms in total. The lowest BCUT2D eigenvalue weighted by atomic mass is 10.1. The third-order valence-corrected chi connectivity index (χ3v) is 3.91. The summed E-state index contributed by atoms with van der Waals surface area (Å²) in [5, 5.41) is 2.68. The molecule has 0 saturated carbocycles. The molecule has 0 saturated heterocycles. The van der Waals surface area contributed by atoms with Crippen molar-refractivity contribution in [2.75, 3.05) is 7.11 Å². The molecule has 0 unspecified atom stereocenters. The average Bonchev–Trinajstić information content (AvgIpc) is 3.23. The molecule has 0 amide bonds. The van der Waals surface area contributed by atoms with Crippen LogP contribution in [0.4, 0.5) is 0 Å². The van der Waals surface area contributed by atoms with Crippen molar-refractivity contribution in [1.82, 2.24) is 4.98 Å². The standard InChI is InChI=1S/C17H13NO3S/c1-20-14-7-4-12(5-8-14)15(19)9-6-13-11-22-17(18-13)16-3-2-10-21-16/h2-11H,1H3/b9-6+. The minimum atomic E-state index is -0.0739. The molecule has 2 heterocycles. The summed E-state index contributed by atoms with van der Waals surface area (Å²) >= 11 is 1.48. The molecule has 2 aromatic heterocycles. The van der Waals surface area contributed by atoms with Gasteiger partial charge in [0.15, 0.2) is 16.6 Å². The number of aromatic nitrogens is 1. The van der Waals surface area contributed by atoms with Crippen molar-refractivity contribution in [2.24, 2.45) is 0 Å². The Morgan fingerprint density at radius 1 is 1.27 bits per heavy atom. The molecule has 0 aliphatic heterocycles. The van der Waals surface area contributed by atoms with Crippen molar-refractivity contribution >= 4 is 23.2 Å². The normalized spacial score (nSPS) is 11.0. The molecule has 110 valence electrons. The zero-order chi connectivity index (χ0) is 15.4. The van der Waals surface area contributed by atoms with Crippen molar-refractivity contribution in [3.05, 3.63) is 65.4 Å². The average molecular weight is 311 g/mol. The number of allylic oxidation sites excluding steroid dienone is 1. The first-order valence-electron chi connectivity index (χ1n) is 6.62. The summed E-state index contributed by atoms with van der Waals surface area (Å²) in [6.07, 6.45) is 4.83. The monoisotopic (exact) mass is 311 g/mol. The third-order valence-electron chi connectivity index (χ3n) is 3.03. The van der Waals surface area contributed by atoms with E-state index in [2.05, 4.69) is 4.98 Å². The molecule has 5 heteroatoms. The van der Waals surface area contributed by atoms with E-state index in [0.717, 1.165) is 22.2 Å². The predicted octanol–water partition coefficient (Wildman–Crippen LogP) is 4.31. The van der Waals surface area contributed by atoms with Gasteiger partial charge in [0.1, 0.15) is 5.75 Å². The highest BCUT2D eigenvalue weighted by atomic mass is 32.1. The second kappa shape index (κ2) is 6.41. The van der Waals surface area contributed by atoms with Crippen LogP contribution < -0.4 is 4.74 Å². The van der Waals surface area contributed by atoms with Crippen LogP contribution in [-0.2, 0) is 0 Å². The summed E-state index contributed by atoms with van der Waals surface area (Å²) in [5.74, 6) is 1.38. The van der Waals surface area contributed by atoms with Gasteiger partial charge in [-0.2, -0.15) is 0 Å². The third kappa shape index (κ3) is 3.15. The van der Waals surface area contributed by atoms with E-state index in [4.69, 9.17) is 9.15 Å². The molecule has 22 heavy (non-hydrogen) atoms. The molecule has 0 aliphatic rings. The van der Waals surface area contributed by atoms with Gasteiger partial charge in [-0.3, -0.25) is 4.79 Å². The molecule has 0 aliphatic carbocycles. The summed E-state index contributed by atoms with van der Waals surface area (Å²) in [7, 11) is 1.59. The van der Waals surface area contributed by atoms with Crippen LogP contribution in [0, 0.1) is 0 Å². The molecule has 0 atom stereocenters. The number of benzene rings is 1. The fourth-order valence-corrected chi connectivity index (χ4v) is 2.64. The number of carbonyl (C=O) groups is 1. The molecule has 0 fully saturated rings. The van der Waals surface area contributed by atoms with Crippen LogP contribution in [-0.4, -0.2) is 17.9 Å². The number of rotatable bonds is 5. The van der Waals surface area contributed by atoms with E-state index in [1.807, 2.05) is 17.5 Å². The van der Waals surface area contributed by atoms with Gasteiger partial charge in [-0.25, -0.2) is 4.98 Å². The molecular formula is C17H13NO3S. The number of thiazole rings is 1. The highest BCUT2D eigenvalue weighted by Crippen LogP contribution is 2.24. The predicted molar refractivity (Wildman–Crippen MR) is 86.2 cm³/mol. The minimum absolute atomic E-state index is 0.0739. The number of methoxy groups -OCH3 is 1. The second-order valence-corrected chi connectivity index (χ2v) is 5.34. The van der Waals surface area contributed by atoms with Crippen LogP contribution >= 0.6 is 11.3 Å². The van der Waals surface area contributed by atoms with E-state index >= 15 is 0 Å². The molecule has 0 bridgehead atoms. The van der Waals surface area contributed by atoms with Crippen molar-refractivity contribution in [3.8, 4) is 16.5 Å². The highest BCUT2D eigenvalue weighted by molar-refractivity contribution is 7.13. The summed E-state index contributed by atoms with van der Waals surface area (Å²) < 4.78 is 10.4. The number of hydrogen-bond donors (Lipinski definition) is 0.